The second-order valence-electron chi connectivity index (χ2n) is 3.73. The zero-order valence-electron chi connectivity index (χ0n) is 9.45. The van der Waals surface area contributed by atoms with E-state index in [2.05, 4.69) is 10.5 Å². The fraction of sp³-hybridized carbons (Fsp3) is 0.364. The van der Waals surface area contributed by atoms with Crippen LogP contribution in [0, 0.1) is 11.6 Å². The first-order valence-corrected chi connectivity index (χ1v) is 5.18. The van der Waals surface area contributed by atoms with Crippen molar-refractivity contribution < 1.29 is 14.0 Å². The van der Waals surface area contributed by atoms with E-state index in [0.29, 0.717) is 18.5 Å². The number of nitrogens with two attached hydrogens (primary N) is 1. The summed E-state index contributed by atoms with van der Waals surface area (Å²) in [5.41, 5.74) is 5.92. The van der Waals surface area contributed by atoms with Gasteiger partial charge in [-0.05, 0) is 37.6 Å². The number of amidine groups is 1. The lowest BCUT2D eigenvalue weighted by molar-refractivity contribution is 0.315. The molecule has 0 bridgehead atoms. The van der Waals surface area contributed by atoms with Crippen LogP contribution in [0.3, 0.4) is 0 Å². The Morgan fingerprint density at radius 2 is 2.00 bits per heavy atom. The molecule has 0 aliphatic rings. The summed E-state index contributed by atoms with van der Waals surface area (Å²) in [5.74, 6) is -1.12. The third-order valence-electron chi connectivity index (χ3n) is 2.35. The minimum absolute atomic E-state index is 0.0652. The molecule has 4 N–H and O–H groups in total. The first kappa shape index (κ1) is 13.4. The number of nitrogens with one attached hydrogen (secondary N) is 1. The van der Waals surface area contributed by atoms with E-state index in [1.807, 2.05) is 0 Å². The van der Waals surface area contributed by atoms with Crippen LogP contribution in [-0.4, -0.2) is 23.6 Å². The molecule has 0 saturated heterocycles. The Morgan fingerprint density at radius 3 is 2.53 bits per heavy atom. The van der Waals surface area contributed by atoms with Gasteiger partial charge in [-0.25, -0.2) is 8.78 Å². The van der Waals surface area contributed by atoms with E-state index in [0.717, 1.165) is 6.07 Å². The Hall–Kier alpha value is -1.69. The normalized spacial score (nSPS) is 13.7. The van der Waals surface area contributed by atoms with Crippen LogP contribution in [-0.2, 0) is 6.42 Å². The summed E-state index contributed by atoms with van der Waals surface area (Å²) in [6.45, 7) is 2.20. The van der Waals surface area contributed by atoms with Crippen molar-refractivity contribution in [2.75, 3.05) is 6.54 Å². The molecule has 1 aromatic rings. The molecule has 0 aromatic heterocycles. The van der Waals surface area contributed by atoms with Crippen molar-refractivity contribution in [2.24, 2.45) is 10.9 Å². The first-order valence-electron chi connectivity index (χ1n) is 5.18. The van der Waals surface area contributed by atoms with Gasteiger partial charge in [0.1, 0.15) is 11.6 Å². The molecule has 0 saturated carbocycles. The summed E-state index contributed by atoms with van der Waals surface area (Å²) >= 11 is 0. The molecule has 1 atom stereocenters. The fourth-order valence-electron chi connectivity index (χ4n) is 1.38. The Bertz CT molecular complexity index is 389. The van der Waals surface area contributed by atoms with Gasteiger partial charge in [0.15, 0.2) is 5.84 Å². The summed E-state index contributed by atoms with van der Waals surface area (Å²) in [5, 5.41) is 14.2. The van der Waals surface area contributed by atoms with E-state index in [4.69, 9.17) is 10.9 Å². The van der Waals surface area contributed by atoms with Crippen molar-refractivity contribution in [3.63, 3.8) is 0 Å². The maximum absolute atomic E-state index is 12.9. The lowest BCUT2D eigenvalue weighted by Gasteiger charge is -2.11. The van der Waals surface area contributed by atoms with Gasteiger partial charge >= 0.3 is 0 Å². The monoisotopic (exact) mass is 243 g/mol. The number of nitrogens with zero attached hydrogens (tertiary/aromatic N) is 1. The molecule has 17 heavy (non-hydrogen) atoms. The van der Waals surface area contributed by atoms with Crippen LogP contribution in [0.5, 0.6) is 0 Å². The summed E-state index contributed by atoms with van der Waals surface area (Å²) in [4.78, 5) is 0. The molecule has 1 unspecified atom stereocenters. The summed E-state index contributed by atoms with van der Waals surface area (Å²) in [7, 11) is 0. The van der Waals surface area contributed by atoms with Crippen molar-refractivity contribution >= 4 is 5.84 Å². The predicted octanol–water partition coefficient (Wildman–Crippen LogP) is 1.23. The van der Waals surface area contributed by atoms with Gasteiger partial charge in [0.2, 0.25) is 0 Å². The van der Waals surface area contributed by atoms with Crippen molar-refractivity contribution in [1.82, 2.24) is 5.32 Å². The Balaban J connectivity index is 2.46. The van der Waals surface area contributed by atoms with Crippen LogP contribution in [0.15, 0.2) is 23.4 Å². The van der Waals surface area contributed by atoms with Crippen LogP contribution in [0.4, 0.5) is 8.78 Å². The first-order chi connectivity index (χ1) is 8.02. The zero-order chi connectivity index (χ0) is 12.8. The topological polar surface area (TPSA) is 70.6 Å². The molecule has 0 spiro atoms. The molecule has 94 valence electrons. The van der Waals surface area contributed by atoms with Crippen LogP contribution in [0.2, 0.25) is 0 Å². The number of oxime groups is 1. The molecule has 0 radical (unpaired) electrons. The van der Waals surface area contributed by atoms with Crippen LogP contribution < -0.4 is 11.1 Å². The maximum atomic E-state index is 12.9. The second-order valence-corrected chi connectivity index (χ2v) is 3.73. The standard InChI is InChI=1S/C11H15F2N3O/c1-7(11(14)16-17)15-3-2-8-4-9(12)6-10(13)5-8/h4-7,15,17H,2-3H2,1H3,(H2,14,16). The number of halogens is 2. The molecule has 0 fully saturated rings. The molecule has 0 heterocycles. The predicted molar refractivity (Wildman–Crippen MR) is 60.9 cm³/mol. The molecule has 6 heteroatoms. The highest BCUT2D eigenvalue weighted by Crippen LogP contribution is 2.08. The second kappa shape index (κ2) is 6.15. The average Bonchev–Trinajstić information content (AvgIpc) is 2.26. The van der Waals surface area contributed by atoms with Gasteiger partial charge in [0, 0.05) is 6.07 Å². The number of hydrogen-bond donors (Lipinski definition) is 3. The molecular weight excluding hydrogens is 228 g/mol. The van der Waals surface area contributed by atoms with Gasteiger partial charge in [0.05, 0.1) is 6.04 Å². The third kappa shape index (κ3) is 4.36. The fourth-order valence-corrected chi connectivity index (χ4v) is 1.38. The van der Waals surface area contributed by atoms with Gasteiger partial charge in [-0.2, -0.15) is 0 Å². The van der Waals surface area contributed by atoms with Gasteiger partial charge in [-0.1, -0.05) is 5.16 Å². The maximum Gasteiger partial charge on any atom is 0.156 e. The number of rotatable bonds is 5. The zero-order valence-corrected chi connectivity index (χ0v) is 9.45. The highest BCUT2D eigenvalue weighted by Gasteiger charge is 2.06. The van der Waals surface area contributed by atoms with Gasteiger partial charge in [-0.15, -0.1) is 0 Å². The van der Waals surface area contributed by atoms with E-state index < -0.39 is 11.6 Å². The minimum Gasteiger partial charge on any atom is -0.409 e. The molecule has 1 rings (SSSR count). The largest absolute Gasteiger partial charge is 0.409 e. The SMILES string of the molecule is CC(NCCc1cc(F)cc(F)c1)C(N)=NO. The van der Waals surface area contributed by atoms with E-state index in [-0.39, 0.29) is 11.9 Å². The van der Waals surface area contributed by atoms with Crippen molar-refractivity contribution in [2.45, 2.75) is 19.4 Å². The lowest BCUT2D eigenvalue weighted by Crippen LogP contribution is -2.39. The highest BCUT2D eigenvalue weighted by molar-refractivity contribution is 5.84. The highest BCUT2D eigenvalue weighted by atomic mass is 19.1. The smallest absolute Gasteiger partial charge is 0.156 e. The average molecular weight is 243 g/mol. The van der Waals surface area contributed by atoms with Gasteiger partial charge in [-0.3, -0.25) is 0 Å². The third-order valence-corrected chi connectivity index (χ3v) is 2.35. The summed E-state index contributed by atoms with van der Waals surface area (Å²) in [6.07, 6.45) is 0.456. The number of benzene rings is 1. The van der Waals surface area contributed by atoms with Crippen molar-refractivity contribution in [1.29, 1.82) is 0 Å². The van der Waals surface area contributed by atoms with E-state index in [9.17, 15) is 8.78 Å². The molecule has 0 aliphatic heterocycles. The lowest BCUT2D eigenvalue weighted by atomic mass is 10.1. The van der Waals surface area contributed by atoms with Gasteiger partial charge in [0.25, 0.3) is 0 Å². The van der Waals surface area contributed by atoms with Crippen molar-refractivity contribution in [3.05, 3.63) is 35.4 Å². The van der Waals surface area contributed by atoms with Crippen LogP contribution in [0.25, 0.3) is 0 Å². The Labute approximate surface area is 98.1 Å². The van der Waals surface area contributed by atoms with Crippen LogP contribution in [0.1, 0.15) is 12.5 Å². The molecule has 0 amide bonds. The van der Waals surface area contributed by atoms with E-state index in [1.54, 1.807) is 6.92 Å². The van der Waals surface area contributed by atoms with Crippen LogP contribution >= 0.6 is 0 Å². The minimum atomic E-state index is -0.593. The number of hydrogen-bond acceptors (Lipinski definition) is 3. The van der Waals surface area contributed by atoms with Crippen molar-refractivity contribution in [3.8, 4) is 0 Å². The summed E-state index contributed by atoms with van der Waals surface area (Å²) < 4.78 is 25.7. The molecular formula is C11H15F2N3O. The molecule has 4 nitrogen and oxygen atoms in total. The molecule has 0 aliphatic carbocycles. The Kier molecular flexibility index (Phi) is 4.84. The quantitative estimate of drug-likeness (QED) is 0.315. The van der Waals surface area contributed by atoms with Gasteiger partial charge < -0.3 is 16.3 Å². The molecule has 1 aromatic carbocycles. The summed E-state index contributed by atoms with van der Waals surface area (Å²) in [6, 6.07) is 3.09. The van der Waals surface area contributed by atoms with E-state index in [1.165, 1.54) is 12.1 Å². The van der Waals surface area contributed by atoms with E-state index >= 15 is 0 Å². The Morgan fingerprint density at radius 1 is 1.41 bits per heavy atom.